The molecule has 1 aliphatic heterocycles. The first-order chi connectivity index (χ1) is 26.7. The van der Waals surface area contributed by atoms with E-state index in [-0.39, 0.29) is 13.2 Å². The van der Waals surface area contributed by atoms with Gasteiger partial charge in [-0.1, -0.05) is 141 Å². The quantitative estimate of drug-likeness (QED) is 0.0530. The predicted octanol–water partition coefficient (Wildman–Crippen LogP) is 8.58. The van der Waals surface area contributed by atoms with Crippen molar-refractivity contribution < 1.29 is 38.0 Å². The van der Waals surface area contributed by atoms with Gasteiger partial charge >= 0.3 is 5.97 Å². The maximum atomic E-state index is 12.7. The van der Waals surface area contributed by atoms with Gasteiger partial charge in [-0.2, -0.15) is 0 Å². The molecule has 1 saturated heterocycles. The van der Waals surface area contributed by atoms with Crippen LogP contribution in [0.5, 0.6) is 11.5 Å². The Morgan fingerprint density at radius 2 is 1.05 bits per heavy atom. The Bertz CT molecular complexity index is 1920. The number of ether oxygens (including phenoxy) is 7. The number of benzene rings is 5. The zero-order valence-electron chi connectivity index (χ0n) is 32.4. The molecule has 0 bridgehead atoms. The maximum Gasteiger partial charge on any atom is 0.308 e. The lowest BCUT2D eigenvalue weighted by molar-refractivity contribution is -0.275. The van der Waals surface area contributed by atoms with E-state index in [0.29, 0.717) is 36.9 Å². The molecule has 9 heteroatoms. The van der Waals surface area contributed by atoms with Gasteiger partial charge in [0.25, 0.3) is 0 Å². The van der Waals surface area contributed by atoms with Crippen LogP contribution in [0.15, 0.2) is 133 Å². The molecule has 55 heavy (non-hydrogen) atoms. The highest BCUT2D eigenvalue weighted by atomic mass is 28.3. The Balaban J connectivity index is 1.46. The van der Waals surface area contributed by atoms with E-state index in [1.165, 1.54) is 6.92 Å². The lowest BCUT2D eigenvalue weighted by Crippen LogP contribution is -2.58. The van der Waals surface area contributed by atoms with Crippen LogP contribution in [-0.2, 0) is 54.9 Å². The van der Waals surface area contributed by atoms with E-state index in [9.17, 15) is 4.79 Å². The number of hydrogen-bond donors (Lipinski definition) is 0. The van der Waals surface area contributed by atoms with E-state index < -0.39 is 44.6 Å². The summed E-state index contributed by atoms with van der Waals surface area (Å²) in [6.07, 6.45) is -3.36. The van der Waals surface area contributed by atoms with Gasteiger partial charge in [0.15, 0.2) is 0 Å². The summed E-state index contributed by atoms with van der Waals surface area (Å²) in [6.45, 7) is 9.60. The number of carbonyl (C=O) groups is 1. The molecule has 0 spiro atoms. The molecular formula is C46H52O8Si. The molecule has 1 aliphatic rings. The number of methoxy groups -OCH3 is 1. The summed E-state index contributed by atoms with van der Waals surface area (Å²) in [7, 11) is -0.299. The number of hydrogen-bond acceptors (Lipinski definition) is 8. The average Bonchev–Trinajstić information content (AvgIpc) is 3.19. The van der Waals surface area contributed by atoms with E-state index in [4.69, 9.17) is 33.2 Å². The summed E-state index contributed by atoms with van der Waals surface area (Å²) >= 11 is 0. The van der Waals surface area contributed by atoms with Crippen LogP contribution in [0, 0.1) is 0 Å². The highest BCUT2D eigenvalue weighted by Gasteiger charge is 2.50. The standard InChI is InChI=1S/C46H52O8Si/c1-33(47)53-39-27-42(55(3,4)5)40(48-2)26-38(39)43-45(51-30-36-22-14-8-15-23-36)46(52-31-37-24-16-9-17-25-37)44(50-29-35-20-12-7-13-21-35)41(54-43)32-49-28-34-18-10-6-11-19-34/h6-27,41,43-46H,28-32H2,1-5H3/t41-,43+,44-,45+,46+/m1/s1. The molecule has 6 rings (SSSR count). The molecule has 0 amide bonds. The molecule has 0 unspecified atom stereocenters. The van der Waals surface area contributed by atoms with Crippen molar-refractivity contribution in [1.29, 1.82) is 0 Å². The fourth-order valence-electron chi connectivity index (χ4n) is 6.84. The fraction of sp³-hybridized carbons (Fsp3) is 0.326. The summed E-state index contributed by atoms with van der Waals surface area (Å²) in [5, 5.41) is 1.02. The van der Waals surface area contributed by atoms with Crippen LogP contribution in [0.3, 0.4) is 0 Å². The van der Waals surface area contributed by atoms with Crippen molar-refractivity contribution in [2.45, 2.75) is 83.5 Å². The lowest BCUT2D eigenvalue weighted by atomic mass is 9.89. The minimum atomic E-state index is -1.96. The van der Waals surface area contributed by atoms with Crippen molar-refractivity contribution in [3.8, 4) is 11.5 Å². The molecule has 0 aliphatic carbocycles. The highest BCUT2D eigenvalue weighted by Crippen LogP contribution is 2.43. The molecular weight excluding hydrogens is 709 g/mol. The van der Waals surface area contributed by atoms with Gasteiger partial charge in [-0.25, -0.2) is 0 Å². The SMILES string of the molecule is COc1cc([C@@H]2O[C@H](COCc3ccccc3)[C@@H](OCc3ccccc3)[C@H](OCc3ccccc3)[C@H]2OCc2ccccc2)c(OC(C)=O)cc1[Si](C)(C)C. The minimum absolute atomic E-state index is 0.203. The second-order valence-electron chi connectivity index (χ2n) is 14.8. The maximum absolute atomic E-state index is 12.7. The third-order valence-corrected chi connectivity index (χ3v) is 11.6. The Hall–Kier alpha value is -4.61. The molecule has 1 fully saturated rings. The summed E-state index contributed by atoms with van der Waals surface area (Å²) in [5.41, 5.74) is 4.68. The third-order valence-electron chi connectivity index (χ3n) is 9.58. The number of carbonyl (C=O) groups excluding carboxylic acids is 1. The van der Waals surface area contributed by atoms with E-state index in [0.717, 1.165) is 27.4 Å². The van der Waals surface area contributed by atoms with E-state index in [2.05, 4.69) is 19.6 Å². The summed E-state index contributed by atoms with van der Waals surface area (Å²) < 4.78 is 46.3. The number of rotatable bonds is 17. The zero-order chi connectivity index (χ0) is 38.6. The smallest absolute Gasteiger partial charge is 0.308 e. The number of esters is 1. The van der Waals surface area contributed by atoms with Crippen LogP contribution < -0.4 is 14.7 Å². The van der Waals surface area contributed by atoms with Gasteiger partial charge in [0.2, 0.25) is 0 Å². The molecule has 0 radical (unpaired) electrons. The molecule has 1 heterocycles. The van der Waals surface area contributed by atoms with Gasteiger partial charge in [-0.15, -0.1) is 0 Å². The van der Waals surface area contributed by atoms with Gasteiger partial charge in [0.05, 0.1) is 48.2 Å². The van der Waals surface area contributed by atoms with Gasteiger partial charge in [0, 0.05) is 12.5 Å². The topological polar surface area (TPSA) is 81.7 Å². The first-order valence-corrected chi connectivity index (χ1v) is 22.3. The molecule has 5 aromatic carbocycles. The molecule has 8 nitrogen and oxygen atoms in total. The second kappa shape index (κ2) is 19.3. The van der Waals surface area contributed by atoms with Crippen molar-refractivity contribution in [3.05, 3.63) is 161 Å². The van der Waals surface area contributed by atoms with Crippen molar-refractivity contribution in [2.75, 3.05) is 13.7 Å². The van der Waals surface area contributed by atoms with Crippen LogP contribution in [0.25, 0.3) is 0 Å². The Kier molecular flexibility index (Phi) is 14.1. The van der Waals surface area contributed by atoms with E-state index >= 15 is 0 Å². The Morgan fingerprint density at radius 1 is 0.600 bits per heavy atom. The largest absolute Gasteiger partial charge is 0.497 e. The van der Waals surface area contributed by atoms with Crippen LogP contribution in [-0.4, -0.2) is 52.2 Å². The molecule has 288 valence electrons. The van der Waals surface area contributed by atoms with Crippen LogP contribution in [0.2, 0.25) is 19.6 Å². The van der Waals surface area contributed by atoms with Crippen molar-refractivity contribution in [3.63, 3.8) is 0 Å². The fourth-order valence-corrected chi connectivity index (χ4v) is 8.31. The Morgan fingerprint density at radius 3 is 1.51 bits per heavy atom. The zero-order valence-corrected chi connectivity index (χ0v) is 33.4. The molecule has 0 saturated carbocycles. The van der Waals surface area contributed by atoms with Crippen molar-refractivity contribution in [2.24, 2.45) is 0 Å². The predicted molar refractivity (Wildman–Crippen MR) is 216 cm³/mol. The first kappa shape index (κ1) is 40.1. The average molecular weight is 761 g/mol. The van der Waals surface area contributed by atoms with E-state index in [1.54, 1.807) is 7.11 Å². The summed E-state index contributed by atoms with van der Waals surface area (Å²) in [6, 6.07) is 44.0. The first-order valence-electron chi connectivity index (χ1n) is 18.8. The minimum Gasteiger partial charge on any atom is -0.497 e. The molecule has 0 N–H and O–H groups in total. The van der Waals surface area contributed by atoms with Crippen LogP contribution in [0.4, 0.5) is 0 Å². The van der Waals surface area contributed by atoms with Gasteiger partial charge in [-0.3, -0.25) is 4.79 Å². The van der Waals surface area contributed by atoms with Gasteiger partial charge in [-0.05, 0) is 39.6 Å². The third kappa shape index (κ3) is 11.0. The van der Waals surface area contributed by atoms with Crippen molar-refractivity contribution in [1.82, 2.24) is 0 Å². The lowest BCUT2D eigenvalue weighted by Gasteiger charge is -2.46. The second-order valence-corrected chi connectivity index (χ2v) is 19.9. The molecule has 0 aromatic heterocycles. The van der Waals surface area contributed by atoms with Gasteiger partial charge in [0.1, 0.15) is 42.0 Å². The normalized spacial score (nSPS) is 19.8. The van der Waals surface area contributed by atoms with Crippen LogP contribution in [0.1, 0.15) is 40.8 Å². The van der Waals surface area contributed by atoms with E-state index in [1.807, 2.05) is 133 Å². The van der Waals surface area contributed by atoms with Gasteiger partial charge < -0.3 is 33.2 Å². The van der Waals surface area contributed by atoms with Crippen LogP contribution >= 0.6 is 0 Å². The highest BCUT2D eigenvalue weighted by molar-refractivity contribution is 6.89. The Labute approximate surface area is 326 Å². The molecule has 5 atom stereocenters. The summed E-state index contributed by atoms with van der Waals surface area (Å²) in [5.74, 6) is 0.671. The molecule has 5 aromatic rings. The summed E-state index contributed by atoms with van der Waals surface area (Å²) in [4.78, 5) is 12.7. The van der Waals surface area contributed by atoms with Crippen molar-refractivity contribution >= 4 is 19.2 Å². The monoisotopic (exact) mass is 760 g/mol.